The van der Waals surface area contributed by atoms with Gasteiger partial charge < -0.3 is 14.5 Å². The molecular formula is C19H19ClN4O2. The van der Waals surface area contributed by atoms with Crippen LogP contribution in [0.15, 0.2) is 30.3 Å². The molecule has 0 spiro atoms. The number of aromatic nitrogens is 4. The van der Waals surface area contributed by atoms with E-state index in [1.807, 2.05) is 24.3 Å². The van der Waals surface area contributed by atoms with Gasteiger partial charge in [0, 0.05) is 17.7 Å². The Hall–Kier alpha value is -2.73. The Balaban J connectivity index is 1.47. The third-order valence-corrected chi connectivity index (χ3v) is 4.73. The molecule has 0 aliphatic heterocycles. The van der Waals surface area contributed by atoms with Crippen molar-refractivity contribution in [3.8, 4) is 23.1 Å². The molecule has 2 heterocycles. The van der Waals surface area contributed by atoms with E-state index in [2.05, 4.69) is 39.2 Å². The quantitative estimate of drug-likeness (QED) is 0.690. The van der Waals surface area contributed by atoms with Gasteiger partial charge in [-0.25, -0.2) is 4.98 Å². The Labute approximate surface area is 156 Å². The van der Waals surface area contributed by atoms with E-state index < -0.39 is 0 Å². The van der Waals surface area contributed by atoms with Crippen LogP contribution in [0.5, 0.6) is 11.6 Å². The van der Waals surface area contributed by atoms with Crippen molar-refractivity contribution in [1.82, 2.24) is 20.2 Å². The molecule has 134 valence electrons. The molecule has 0 bridgehead atoms. The molecular weight excluding hydrogens is 352 g/mol. The van der Waals surface area contributed by atoms with Crippen molar-refractivity contribution < 1.29 is 9.47 Å². The summed E-state index contributed by atoms with van der Waals surface area (Å²) in [5.41, 5.74) is 3.88. The summed E-state index contributed by atoms with van der Waals surface area (Å²) in [5.74, 6) is 2.35. The summed E-state index contributed by atoms with van der Waals surface area (Å²) in [6, 6.07) is 7.39. The molecule has 1 unspecified atom stereocenters. The number of imidazole rings is 1. The molecule has 0 saturated heterocycles. The summed E-state index contributed by atoms with van der Waals surface area (Å²) in [7, 11) is 1.59. The highest BCUT2D eigenvalue weighted by Gasteiger charge is 2.19. The van der Waals surface area contributed by atoms with Crippen molar-refractivity contribution in [2.24, 2.45) is 0 Å². The van der Waals surface area contributed by atoms with E-state index in [-0.39, 0.29) is 0 Å². The first-order valence-electron chi connectivity index (χ1n) is 8.41. The second-order valence-corrected chi connectivity index (χ2v) is 6.71. The van der Waals surface area contributed by atoms with Gasteiger partial charge in [-0.3, -0.25) is 5.10 Å². The highest BCUT2D eigenvalue weighted by atomic mass is 35.5. The van der Waals surface area contributed by atoms with E-state index in [0.29, 0.717) is 29.2 Å². The second-order valence-electron chi connectivity index (χ2n) is 6.30. The summed E-state index contributed by atoms with van der Waals surface area (Å²) >= 11 is 6.14. The summed E-state index contributed by atoms with van der Waals surface area (Å²) in [4.78, 5) is 8.02. The number of halogens is 1. The molecule has 2 aromatic heterocycles. The lowest BCUT2D eigenvalue weighted by Crippen LogP contribution is -1.98. The van der Waals surface area contributed by atoms with E-state index in [1.54, 1.807) is 7.11 Å². The Morgan fingerprint density at radius 2 is 2.19 bits per heavy atom. The van der Waals surface area contributed by atoms with Crippen LogP contribution in [0.2, 0.25) is 5.02 Å². The molecule has 0 radical (unpaired) electrons. The first-order chi connectivity index (χ1) is 12.6. The first-order valence-corrected chi connectivity index (χ1v) is 8.79. The minimum Gasteiger partial charge on any atom is -0.495 e. The first kappa shape index (κ1) is 16.7. The molecule has 6 nitrogen and oxygen atoms in total. The minimum absolute atomic E-state index is 0.364. The summed E-state index contributed by atoms with van der Waals surface area (Å²) in [6.07, 6.45) is 5.23. The van der Waals surface area contributed by atoms with Gasteiger partial charge in [0.1, 0.15) is 18.1 Å². The fourth-order valence-electron chi connectivity index (χ4n) is 2.99. The lowest BCUT2D eigenvalue weighted by molar-refractivity contribution is 0.293. The van der Waals surface area contributed by atoms with Gasteiger partial charge in [-0.2, -0.15) is 0 Å². The molecule has 1 aromatic carbocycles. The Kier molecular flexibility index (Phi) is 4.42. The predicted octanol–water partition coefficient (Wildman–Crippen LogP) is 4.56. The number of allylic oxidation sites excluding steroid dienone is 1. The molecule has 7 heteroatoms. The molecule has 26 heavy (non-hydrogen) atoms. The standard InChI is InChI=1S/C19H19ClN4O2/c1-11-4-3-5-14-18(11)22-19(21-14)15-9-17(24-23-15)26-10-12-6-7-16(25-2)13(20)8-12/h3,5-9,11H,4,10H2,1-2H3,(H,21,22)(H,23,24). The molecule has 0 saturated carbocycles. The molecule has 1 atom stereocenters. The van der Waals surface area contributed by atoms with Crippen LogP contribution in [0.4, 0.5) is 0 Å². The number of hydrogen-bond acceptors (Lipinski definition) is 4. The van der Waals surface area contributed by atoms with Crippen molar-refractivity contribution in [2.75, 3.05) is 7.11 Å². The molecule has 1 aliphatic carbocycles. The molecule has 2 N–H and O–H groups in total. The normalized spacial score (nSPS) is 15.7. The van der Waals surface area contributed by atoms with Gasteiger partial charge in [0.2, 0.25) is 5.88 Å². The van der Waals surface area contributed by atoms with E-state index in [1.165, 1.54) is 0 Å². The number of methoxy groups -OCH3 is 1. The predicted molar refractivity (Wildman–Crippen MR) is 101 cm³/mol. The zero-order valence-electron chi connectivity index (χ0n) is 14.5. The SMILES string of the molecule is COc1ccc(COc2cc(-c3nc4c([nH]3)C(C)CC=C4)[nH]n2)cc1Cl. The summed E-state index contributed by atoms with van der Waals surface area (Å²) in [6.45, 7) is 2.55. The van der Waals surface area contributed by atoms with Crippen molar-refractivity contribution in [3.63, 3.8) is 0 Å². The van der Waals surface area contributed by atoms with Crippen LogP contribution in [0.3, 0.4) is 0 Å². The van der Waals surface area contributed by atoms with Crippen molar-refractivity contribution in [3.05, 3.63) is 52.3 Å². The Morgan fingerprint density at radius 1 is 1.31 bits per heavy atom. The number of nitrogens with one attached hydrogen (secondary N) is 2. The van der Waals surface area contributed by atoms with E-state index in [9.17, 15) is 0 Å². The number of H-pyrrole nitrogens is 2. The maximum Gasteiger partial charge on any atom is 0.233 e. The maximum atomic E-state index is 6.14. The number of rotatable bonds is 5. The van der Waals surface area contributed by atoms with Crippen molar-refractivity contribution in [2.45, 2.75) is 25.9 Å². The number of aromatic amines is 2. The molecule has 1 aliphatic rings. The number of benzene rings is 1. The van der Waals surface area contributed by atoms with E-state index >= 15 is 0 Å². The highest BCUT2D eigenvalue weighted by Crippen LogP contribution is 2.30. The van der Waals surface area contributed by atoms with Gasteiger partial charge in [-0.15, -0.1) is 5.10 Å². The van der Waals surface area contributed by atoms with Crippen LogP contribution in [0.1, 0.15) is 36.2 Å². The average molecular weight is 371 g/mol. The van der Waals surface area contributed by atoms with Gasteiger partial charge in [0.25, 0.3) is 0 Å². The third kappa shape index (κ3) is 3.20. The van der Waals surface area contributed by atoms with Gasteiger partial charge in [0.05, 0.1) is 17.8 Å². The lowest BCUT2D eigenvalue weighted by Gasteiger charge is -2.11. The fraction of sp³-hybridized carbons (Fsp3) is 0.263. The topological polar surface area (TPSA) is 75.8 Å². The van der Waals surface area contributed by atoms with Crippen LogP contribution in [-0.4, -0.2) is 27.3 Å². The number of hydrogen-bond donors (Lipinski definition) is 2. The third-order valence-electron chi connectivity index (χ3n) is 4.43. The van der Waals surface area contributed by atoms with Gasteiger partial charge in [-0.1, -0.05) is 30.7 Å². The number of nitrogens with zero attached hydrogens (tertiary/aromatic N) is 2. The van der Waals surface area contributed by atoms with Gasteiger partial charge in [0.15, 0.2) is 5.82 Å². The van der Waals surface area contributed by atoms with E-state index in [4.69, 9.17) is 21.1 Å². The second kappa shape index (κ2) is 6.88. The smallest absolute Gasteiger partial charge is 0.233 e. The summed E-state index contributed by atoms with van der Waals surface area (Å²) < 4.78 is 10.9. The number of fused-ring (bicyclic) bond motifs is 1. The van der Waals surface area contributed by atoms with Crippen molar-refractivity contribution in [1.29, 1.82) is 0 Å². The Bertz CT molecular complexity index is 960. The number of ether oxygens (including phenoxy) is 2. The lowest BCUT2D eigenvalue weighted by atomic mass is 9.97. The zero-order chi connectivity index (χ0) is 18.1. The van der Waals surface area contributed by atoms with Crippen LogP contribution >= 0.6 is 11.6 Å². The van der Waals surface area contributed by atoms with Gasteiger partial charge >= 0.3 is 0 Å². The minimum atomic E-state index is 0.364. The van der Waals surface area contributed by atoms with Crippen molar-refractivity contribution >= 4 is 17.7 Å². The Morgan fingerprint density at radius 3 is 2.96 bits per heavy atom. The zero-order valence-corrected chi connectivity index (χ0v) is 15.3. The van der Waals surface area contributed by atoms with Gasteiger partial charge in [-0.05, 0) is 30.2 Å². The maximum absolute atomic E-state index is 6.14. The van der Waals surface area contributed by atoms with Crippen LogP contribution in [-0.2, 0) is 6.61 Å². The van der Waals surface area contributed by atoms with Crippen LogP contribution in [0, 0.1) is 0 Å². The average Bonchev–Trinajstić information content (AvgIpc) is 3.27. The van der Waals surface area contributed by atoms with Crippen LogP contribution in [0.25, 0.3) is 17.6 Å². The molecule has 0 amide bonds. The molecule has 0 fully saturated rings. The van der Waals surface area contributed by atoms with Crippen LogP contribution < -0.4 is 9.47 Å². The molecule has 4 rings (SSSR count). The highest BCUT2D eigenvalue weighted by molar-refractivity contribution is 6.32. The molecule has 3 aromatic rings. The largest absolute Gasteiger partial charge is 0.495 e. The van der Waals surface area contributed by atoms with E-state index in [0.717, 1.165) is 34.9 Å². The monoisotopic (exact) mass is 370 g/mol. The summed E-state index contributed by atoms with van der Waals surface area (Å²) in [5, 5.41) is 7.73. The fourth-order valence-corrected chi connectivity index (χ4v) is 3.27.